The van der Waals surface area contributed by atoms with Gasteiger partial charge in [0.2, 0.25) is 0 Å². The Balaban J connectivity index is 1.34. The highest BCUT2D eigenvalue weighted by Gasteiger charge is 2.14. The third kappa shape index (κ3) is 5.00. The summed E-state index contributed by atoms with van der Waals surface area (Å²) >= 11 is 3.46. The van der Waals surface area contributed by atoms with Crippen LogP contribution < -0.4 is 5.32 Å². The van der Waals surface area contributed by atoms with Crippen LogP contribution in [0, 0.1) is 13.8 Å². The number of carbonyl (C=O) groups excluding carboxylic acids is 1. The van der Waals surface area contributed by atoms with Crippen molar-refractivity contribution in [2.45, 2.75) is 33.4 Å². The van der Waals surface area contributed by atoms with Crippen LogP contribution in [0.15, 0.2) is 102 Å². The van der Waals surface area contributed by atoms with E-state index in [1.165, 1.54) is 27.9 Å². The third-order valence-corrected chi connectivity index (χ3v) is 7.37. The molecular weight excluding hydrogens is 508 g/mol. The van der Waals surface area contributed by atoms with Crippen molar-refractivity contribution in [1.82, 2.24) is 9.88 Å². The number of hydrogen-bond acceptors (Lipinski definition) is 1. The molecule has 4 aromatic carbocycles. The minimum absolute atomic E-state index is 0.0653. The summed E-state index contributed by atoms with van der Waals surface area (Å²) in [5, 5.41) is 4.20. The maximum absolute atomic E-state index is 13.0. The maximum atomic E-state index is 13.0. The number of aryl methyl sites for hydroxylation is 2. The van der Waals surface area contributed by atoms with Gasteiger partial charge in [-0.1, -0.05) is 76.6 Å². The van der Waals surface area contributed by atoms with Gasteiger partial charge in [-0.05, 0) is 85.0 Å². The van der Waals surface area contributed by atoms with E-state index in [0.717, 1.165) is 27.5 Å². The Morgan fingerprint density at radius 1 is 0.889 bits per heavy atom. The van der Waals surface area contributed by atoms with Gasteiger partial charge >= 0.3 is 0 Å². The van der Waals surface area contributed by atoms with Crippen molar-refractivity contribution in [2.24, 2.45) is 0 Å². The monoisotopic (exact) mass is 536 g/mol. The molecule has 0 saturated heterocycles. The molecule has 0 aliphatic rings. The smallest absolute Gasteiger partial charge is 0.251 e. The Kier molecular flexibility index (Phi) is 6.80. The highest BCUT2D eigenvalue weighted by atomic mass is 79.9. The van der Waals surface area contributed by atoms with Crippen LogP contribution in [0.2, 0.25) is 0 Å². The van der Waals surface area contributed by atoms with Gasteiger partial charge in [-0.3, -0.25) is 4.79 Å². The number of amides is 1. The van der Waals surface area contributed by atoms with Crippen LogP contribution in [-0.4, -0.2) is 10.5 Å². The molecule has 36 heavy (non-hydrogen) atoms. The lowest BCUT2D eigenvalue weighted by molar-refractivity contribution is 0.0940. The van der Waals surface area contributed by atoms with E-state index in [9.17, 15) is 4.79 Å². The zero-order valence-corrected chi connectivity index (χ0v) is 22.3. The van der Waals surface area contributed by atoms with E-state index in [1.54, 1.807) is 0 Å². The predicted molar refractivity (Wildman–Crippen MR) is 152 cm³/mol. The number of nitrogens with one attached hydrogen (secondary N) is 1. The van der Waals surface area contributed by atoms with Gasteiger partial charge in [-0.25, -0.2) is 0 Å². The molecule has 4 heteroatoms. The molecule has 0 fully saturated rings. The van der Waals surface area contributed by atoms with Crippen molar-refractivity contribution >= 4 is 32.7 Å². The number of hydrogen-bond donors (Lipinski definition) is 1. The minimum atomic E-state index is -0.0738. The molecule has 1 N–H and O–H groups in total. The molecule has 0 aliphatic heterocycles. The topological polar surface area (TPSA) is 34.0 Å². The van der Waals surface area contributed by atoms with Crippen molar-refractivity contribution in [1.29, 1.82) is 0 Å². The Hall–Kier alpha value is -3.63. The van der Waals surface area contributed by atoms with Gasteiger partial charge in [0.05, 0.1) is 6.04 Å². The molecule has 0 unspecified atom stereocenters. The largest absolute Gasteiger partial charge is 0.346 e. The van der Waals surface area contributed by atoms with Gasteiger partial charge < -0.3 is 9.88 Å². The molecule has 0 radical (unpaired) electrons. The quantitative estimate of drug-likeness (QED) is 0.233. The summed E-state index contributed by atoms with van der Waals surface area (Å²) in [7, 11) is 0. The number of nitrogens with zero attached hydrogens (tertiary/aromatic N) is 1. The second kappa shape index (κ2) is 10.2. The molecule has 3 nitrogen and oxygen atoms in total. The number of rotatable bonds is 6. The minimum Gasteiger partial charge on any atom is -0.346 e. The van der Waals surface area contributed by atoms with Crippen LogP contribution in [0.25, 0.3) is 22.0 Å². The first-order valence-electron chi connectivity index (χ1n) is 12.2. The first kappa shape index (κ1) is 24.1. The van der Waals surface area contributed by atoms with Gasteiger partial charge in [-0.2, -0.15) is 0 Å². The number of benzene rings is 4. The van der Waals surface area contributed by atoms with E-state index in [-0.39, 0.29) is 11.9 Å². The fraction of sp³-hybridized carbons (Fsp3) is 0.156. The van der Waals surface area contributed by atoms with Crippen LogP contribution in [0.4, 0.5) is 0 Å². The molecule has 5 aromatic rings. The molecule has 0 saturated carbocycles. The number of carbonyl (C=O) groups is 1. The highest BCUT2D eigenvalue weighted by Crippen LogP contribution is 2.26. The van der Waals surface area contributed by atoms with Crippen molar-refractivity contribution in [2.75, 3.05) is 0 Å². The summed E-state index contributed by atoms with van der Waals surface area (Å²) in [5.41, 5.74) is 9.09. The van der Waals surface area contributed by atoms with Crippen LogP contribution in [0.5, 0.6) is 0 Å². The summed E-state index contributed by atoms with van der Waals surface area (Å²) < 4.78 is 3.34. The van der Waals surface area contributed by atoms with Crippen LogP contribution >= 0.6 is 15.9 Å². The van der Waals surface area contributed by atoms with Gasteiger partial charge in [0.15, 0.2) is 0 Å². The molecule has 180 valence electrons. The van der Waals surface area contributed by atoms with E-state index in [1.807, 2.05) is 43.3 Å². The van der Waals surface area contributed by atoms with Crippen molar-refractivity contribution < 1.29 is 4.79 Å². The van der Waals surface area contributed by atoms with E-state index >= 15 is 0 Å². The predicted octanol–water partition coefficient (Wildman–Crippen LogP) is 8.23. The Morgan fingerprint density at radius 3 is 2.33 bits per heavy atom. The van der Waals surface area contributed by atoms with E-state index in [0.29, 0.717) is 5.56 Å². The molecule has 1 atom stereocenters. The SMILES string of the molecule is Cc1ccccc1-c1ccc(Cn2c(C)cc3cc(C(=O)N[C@@H](C)c4ccc(Br)cc4)ccc32)cc1. The first-order valence-corrected chi connectivity index (χ1v) is 13.0. The number of aromatic nitrogens is 1. The summed E-state index contributed by atoms with van der Waals surface area (Å²) in [6.45, 7) is 7.06. The lowest BCUT2D eigenvalue weighted by Gasteiger charge is -2.15. The lowest BCUT2D eigenvalue weighted by atomic mass is 9.99. The molecule has 5 rings (SSSR count). The average molecular weight is 538 g/mol. The molecule has 0 spiro atoms. The Morgan fingerprint density at radius 2 is 1.61 bits per heavy atom. The number of halogens is 1. The van der Waals surface area contributed by atoms with E-state index in [4.69, 9.17) is 0 Å². The number of fused-ring (bicyclic) bond motifs is 1. The fourth-order valence-corrected chi connectivity index (χ4v) is 5.01. The summed E-state index contributed by atoms with van der Waals surface area (Å²) in [6, 6.07) is 33.4. The maximum Gasteiger partial charge on any atom is 0.251 e. The first-order chi connectivity index (χ1) is 17.4. The van der Waals surface area contributed by atoms with Crippen molar-refractivity contribution in [3.05, 3.63) is 129 Å². The van der Waals surface area contributed by atoms with Gasteiger partial charge in [0.25, 0.3) is 5.91 Å². The van der Waals surface area contributed by atoms with Gasteiger partial charge in [0, 0.05) is 33.2 Å². The fourth-order valence-electron chi connectivity index (χ4n) is 4.74. The van der Waals surface area contributed by atoms with E-state index in [2.05, 4.69) is 100 Å². The molecular formula is C32H29BrN2O. The zero-order valence-electron chi connectivity index (χ0n) is 20.8. The standard InChI is InChI=1S/C32H29BrN2O/c1-21-6-4-5-7-30(21)26-10-8-24(9-11-26)20-35-22(2)18-28-19-27(14-17-31(28)35)32(36)34-23(3)25-12-15-29(33)16-13-25/h4-19,23H,20H2,1-3H3,(H,34,36)/t23-/m0/s1. The highest BCUT2D eigenvalue weighted by molar-refractivity contribution is 9.10. The molecule has 0 bridgehead atoms. The van der Waals surface area contributed by atoms with Crippen molar-refractivity contribution in [3.8, 4) is 11.1 Å². The molecule has 1 heterocycles. The molecule has 0 aliphatic carbocycles. The van der Waals surface area contributed by atoms with Crippen LogP contribution in [0.1, 0.15) is 45.7 Å². The van der Waals surface area contributed by atoms with Crippen LogP contribution in [0.3, 0.4) is 0 Å². The second-order valence-corrected chi connectivity index (χ2v) is 10.3. The summed E-state index contributed by atoms with van der Waals surface area (Å²) in [6.07, 6.45) is 0. The normalized spacial score (nSPS) is 12.0. The zero-order chi connectivity index (χ0) is 25.2. The Labute approximate surface area is 220 Å². The molecule has 1 aromatic heterocycles. The van der Waals surface area contributed by atoms with E-state index < -0.39 is 0 Å². The second-order valence-electron chi connectivity index (χ2n) is 9.40. The van der Waals surface area contributed by atoms with Crippen molar-refractivity contribution in [3.63, 3.8) is 0 Å². The average Bonchev–Trinajstić information content (AvgIpc) is 3.19. The summed E-state index contributed by atoms with van der Waals surface area (Å²) in [4.78, 5) is 13.0. The van der Waals surface area contributed by atoms with Crippen LogP contribution in [-0.2, 0) is 6.54 Å². The summed E-state index contributed by atoms with van der Waals surface area (Å²) in [5.74, 6) is -0.0653. The van der Waals surface area contributed by atoms with Gasteiger partial charge in [-0.15, -0.1) is 0 Å². The van der Waals surface area contributed by atoms with Gasteiger partial charge in [0.1, 0.15) is 0 Å². The lowest BCUT2D eigenvalue weighted by Crippen LogP contribution is -2.26. The Bertz CT molecular complexity index is 1530. The molecule has 1 amide bonds. The third-order valence-electron chi connectivity index (χ3n) is 6.84.